The number of nitrogens with one attached hydrogen (secondary N) is 2. The number of amides is 2. The standard InChI is InChI=1S/C22H29F3NO4PS.C20H27NO3.C3H6ClF2OPS/c1-5-15-11-14(2)12-16(28-3)17(15)18-19(30-31(4,32)29-13-22(23,24)25)21(26-20(18)27)9-7-6-8-10-21;1-5-14-11-13(2)12-15(23-3)16(14)17-18(24-4)20(21-19(17)22)9-7-6-8-10-20;1-8(4,9)7-2-3(5)6/h11-12H,5-10,13H2,1-4H3,(H,26,27);11-12H,5-10H2,1-4H3,(H,21,22);3H,2H2,1H3. The van der Waals surface area contributed by atoms with E-state index in [-0.39, 0.29) is 22.9 Å². The quantitative estimate of drug-likeness (QED) is 0.140. The van der Waals surface area contributed by atoms with Crippen molar-refractivity contribution in [3.8, 4) is 11.5 Å². The zero-order valence-electron chi connectivity index (χ0n) is 38.5. The Hall–Kier alpha value is -2.78. The highest BCUT2D eigenvalue weighted by atomic mass is 35.7. The molecule has 2 atom stereocenters. The fourth-order valence-corrected chi connectivity index (χ4v) is 11.1. The third kappa shape index (κ3) is 14.1. The molecule has 2 aliphatic heterocycles. The van der Waals surface area contributed by atoms with Gasteiger partial charge in [0.05, 0.1) is 43.6 Å². The second kappa shape index (κ2) is 23.0. The van der Waals surface area contributed by atoms with Gasteiger partial charge in [0, 0.05) is 24.5 Å². The summed E-state index contributed by atoms with van der Waals surface area (Å²) in [6, 6.07) is 7.94. The molecule has 2 unspecified atom stereocenters. The van der Waals surface area contributed by atoms with E-state index in [1.807, 2.05) is 32.0 Å². The number of alkyl halides is 5. The van der Waals surface area contributed by atoms with E-state index in [4.69, 9.17) is 46.3 Å². The largest absolute Gasteiger partial charge is 0.498 e. The Morgan fingerprint density at radius 2 is 1.12 bits per heavy atom. The summed E-state index contributed by atoms with van der Waals surface area (Å²) in [5, 5.41) is 6.32. The van der Waals surface area contributed by atoms with Gasteiger partial charge in [-0.2, -0.15) is 13.2 Å². The maximum Gasteiger partial charge on any atom is 0.412 e. The van der Waals surface area contributed by atoms with Gasteiger partial charge in [-0.15, -0.1) is 0 Å². The molecule has 2 fully saturated rings. The smallest absolute Gasteiger partial charge is 0.412 e. The van der Waals surface area contributed by atoms with Gasteiger partial charge in [-0.1, -0.05) is 87.6 Å². The van der Waals surface area contributed by atoms with Gasteiger partial charge in [0.2, 0.25) is 6.49 Å². The minimum Gasteiger partial charge on any atom is -0.498 e. The van der Waals surface area contributed by atoms with Crippen LogP contribution in [-0.2, 0) is 64.4 Å². The van der Waals surface area contributed by atoms with Crippen LogP contribution in [0.15, 0.2) is 35.8 Å². The Morgan fingerprint density at radius 1 is 0.708 bits per heavy atom. The van der Waals surface area contributed by atoms with Gasteiger partial charge in [-0.05, 0) is 98.6 Å². The summed E-state index contributed by atoms with van der Waals surface area (Å²) in [5.41, 5.74) is 3.04. The Balaban J connectivity index is 0.000000246. The van der Waals surface area contributed by atoms with E-state index in [1.54, 1.807) is 14.2 Å². The van der Waals surface area contributed by atoms with Crippen molar-refractivity contribution in [2.45, 2.75) is 128 Å². The monoisotopic (exact) mass is 1010 g/mol. The van der Waals surface area contributed by atoms with Crippen LogP contribution in [0.4, 0.5) is 22.0 Å². The van der Waals surface area contributed by atoms with E-state index in [9.17, 15) is 31.5 Å². The SMILES string of the molecule is CCc1cc(C)cc(OC)c1C1=C(OC)C2(CCCCC2)NC1=O.CCc1cc(C)cc(OC)c1C1=C(OP(C)(=S)OCC(F)(F)F)C2(CCCCC2)NC1=O.CP(=S)(Cl)OCC(F)F. The third-order valence-electron chi connectivity index (χ3n) is 11.6. The molecule has 20 heteroatoms. The highest BCUT2D eigenvalue weighted by molar-refractivity contribution is 8.24. The molecular weight excluding hydrogens is 953 g/mol. The summed E-state index contributed by atoms with van der Waals surface area (Å²) < 4.78 is 93.6. The van der Waals surface area contributed by atoms with Crippen molar-refractivity contribution in [2.24, 2.45) is 0 Å². The van der Waals surface area contributed by atoms with Crippen LogP contribution in [0.25, 0.3) is 11.1 Å². The maximum absolute atomic E-state index is 13.3. The number of hydrogen-bond donors (Lipinski definition) is 2. The molecule has 0 aromatic heterocycles. The Bertz CT molecular complexity index is 2160. The van der Waals surface area contributed by atoms with Crippen molar-refractivity contribution in [3.05, 3.63) is 69.2 Å². The van der Waals surface area contributed by atoms with Gasteiger partial charge in [-0.3, -0.25) is 9.59 Å². The summed E-state index contributed by atoms with van der Waals surface area (Å²) in [6.45, 7) is 5.37. The molecule has 0 radical (unpaired) electrons. The summed E-state index contributed by atoms with van der Waals surface area (Å²) in [5.74, 6) is 1.99. The topological polar surface area (TPSA) is 114 Å². The first-order chi connectivity index (χ1) is 30.4. The molecule has 0 saturated heterocycles. The molecule has 4 aliphatic rings. The van der Waals surface area contributed by atoms with Gasteiger partial charge in [0.15, 0.2) is 6.61 Å². The summed E-state index contributed by atoms with van der Waals surface area (Å²) in [4.78, 5) is 26.3. The van der Waals surface area contributed by atoms with E-state index < -0.39 is 43.5 Å². The number of halogens is 6. The highest BCUT2D eigenvalue weighted by Crippen LogP contribution is 2.55. The maximum atomic E-state index is 13.3. The van der Waals surface area contributed by atoms with Gasteiger partial charge in [-0.25, -0.2) is 8.78 Å². The van der Waals surface area contributed by atoms with E-state index in [1.165, 1.54) is 26.9 Å². The van der Waals surface area contributed by atoms with Crippen LogP contribution >= 0.6 is 23.3 Å². The Labute approximate surface area is 395 Å². The summed E-state index contributed by atoms with van der Waals surface area (Å²) >= 11 is 15.2. The Kier molecular flexibility index (Phi) is 19.4. The van der Waals surface area contributed by atoms with Gasteiger partial charge < -0.3 is 38.4 Å². The van der Waals surface area contributed by atoms with Crippen molar-refractivity contribution in [1.29, 1.82) is 0 Å². The van der Waals surface area contributed by atoms with Crippen LogP contribution in [0, 0.1) is 13.8 Å². The number of carbonyl (C=O) groups is 2. The van der Waals surface area contributed by atoms with Crippen molar-refractivity contribution in [3.63, 3.8) is 0 Å². The molecule has 2 aromatic carbocycles. The molecule has 65 heavy (non-hydrogen) atoms. The van der Waals surface area contributed by atoms with E-state index >= 15 is 0 Å². The summed E-state index contributed by atoms with van der Waals surface area (Å²) in [7, 11) is 4.87. The minimum atomic E-state index is -4.53. The lowest BCUT2D eigenvalue weighted by atomic mass is 9.80. The second-order valence-corrected chi connectivity index (χ2v) is 27.1. The van der Waals surface area contributed by atoms with Gasteiger partial charge in [0.1, 0.15) is 35.2 Å². The molecule has 2 amide bonds. The van der Waals surface area contributed by atoms with Crippen LogP contribution < -0.4 is 20.1 Å². The van der Waals surface area contributed by atoms with E-state index in [0.717, 1.165) is 90.7 Å². The fraction of sp³-hybridized carbons (Fsp3) is 0.600. The average Bonchev–Trinajstić information content (AvgIpc) is 3.64. The van der Waals surface area contributed by atoms with Crippen molar-refractivity contribution in [2.75, 3.05) is 47.9 Å². The lowest BCUT2D eigenvalue weighted by molar-refractivity contribution is -0.153. The number of hydrogen-bond acceptors (Lipinski definition) is 10. The van der Waals surface area contributed by atoms with E-state index in [0.29, 0.717) is 41.9 Å². The number of ether oxygens (including phenoxy) is 3. The highest BCUT2D eigenvalue weighted by Gasteiger charge is 2.51. The zero-order chi connectivity index (χ0) is 48.5. The van der Waals surface area contributed by atoms with Gasteiger partial charge in [0.25, 0.3) is 18.2 Å². The van der Waals surface area contributed by atoms with Crippen LogP contribution in [0.3, 0.4) is 0 Å². The molecule has 6 rings (SSSR count). The fourth-order valence-electron chi connectivity index (χ4n) is 8.93. The molecule has 2 aliphatic carbocycles. The van der Waals surface area contributed by atoms with Crippen LogP contribution in [-0.4, -0.2) is 83.4 Å². The normalized spacial score (nSPS) is 19.7. The molecule has 2 N–H and O–H groups in total. The van der Waals surface area contributed by atoms with Crippen LogP contribution in [0.1, 0.15) is 111 Å². The molecular formula is C45H62ClF5N2O8P2S2. The molecule has 10 nitrogen and oxygen atoms in total. The van der Waals surface area contributed by atoms with Crippen LogP contribution in [0.2, 0.25) is 0 Å². The molecule has 2 heterocycles. The zero-order valence-corrected chi connectivity index (χ0v) is 42.7. The molecule has 0 bridgehead atoms. The first kappa shape index (κ1) is 54.8. The second-order valence-electron chi connectivity index (χ2n) is 16.7. The molecule has 2 spiro atoms. The van der Waals surface area contributed by atoms with Crippen molar-refractivity contribution in [1.82, 2.24) is 10.6 Å². The van der Waals surface area contributed by atoms with E-state index in [2.05, 4.69) is 46.9 Å². The van der Waals surface area contributed by atoms with Crippen molar-refractivity contribution < 1.29 is 59.3 Å². The Morgan fingerprint density at radius 3 is 1.46 bits per heavy atom. The number of rotatable bonds is 14. The number of benzene rings is 2. The molecule has 364 valence electrons. The first-order valence-corrected chi connectivity index (χ1v) is 28.8. The minimum absolute atomic E-state index is 0.0365. The average molecular weight is 1020 g/mol. The molecule has 2 aromatic rings. The predicted octanol–water partition coefficient (Wildman–Crippen LogP) is 11.8. The number of carbonyl (C=O) groups excluding carboxylic acids is 2. The number of aryl methyl sites for hydroxylation is 4. The lowest BCUT2D eigenvalue weighted by Crippen LogP contribution is -2.46. The van der Waals surface area contributed by atoms with Crippen LogP contribution in [0.5, 0.6) is 11.5 Å². The summed E-state index contributed by atoms with van der Waals surface area (Å²) in [6.07, 6.45) is 3.81. The lowest BCUT2D eigenvalue weighted by Gasteiger charge is -2.37. The molecule has 2 saturated carbocycles. The van der Waals surface area contributed by atoms with Gasteiger partial charge >= 0.3 is 6.18 Å². The van der Waals surface area contributed by atoms with Crippen molar-refractivity contribution >= 4 is 69.9 Å². The number of methoxy groups -OCH3 is 3. The predicted molar refractivity (Wildman–Crippen MR) is 254 cm³/mol. The third-order valence-corrected chi connectivity index (χ3v) is 14.5. The first-order valence-electron chi connectivity index (χ1n) is 21.6.